The molecule has 2 aliphatic rings. The molecule has 0 radical (unpaired) electrons. The summed E-state index contributed by atoms with van der Waals surface area (Å²) in [5.41, 5.74) is 3.43. The van der Waals surface area contributed by atoms with Crippen molar-refractivity contribution in [2.24, 2.45) is 5.92 Å². The van der Waals surface area contributed by atoms with Crippen LogP contribution < -0.4 is 0 Å². The molecule has 0 amide bonds. The van der Waals surface area contributed by atoms with E-state index in [0.29, 0.717) is 46.4 Å². The normalized spacial score (nSPS) is 20.3. The number of fused-ring (bicyclic) bond motifs is 3. The van der Waals surface area contributed by atoms with Crippen molar-refractivity contribution < 1.29 is 19.5 Å². The first-order valence-corrected chi connectivity index (χ1v) is 12.9. The Morgan fingerprint density at radius 1 is 0.895 bits per heavy atom. The van der Waals surface area contributed by atoms with E-state index in [1.165, 1.54) is 6.08 Å². The fourth-order valence-corrected chi connectivity index (χ4v) is 5.77. The van der Waals surface area contributed by atoms with Crippen LogP contribution in [0.5, 0.6) is 0 Å². The van der Waals surface area contributed by atoms with Crippen LogP contribution in [-0.4, -0.2) is 23.0 Å². The van der Waals surface area contributed by atoms with Crippen LogP contribution in [0.25, 0.3) is 21.5 Å². The second kappa shape index (κ2) is 9.64. The molecule has 4 aromatic carbocycles. The van der Waals surface area contributed by atoms with Crippen molar-refractivity contribution >= 4 is 51.0 Å². The number of rotatable bonds is 5. The van der Waals surface area contributed by atoms with Crippen molar-refractivity contribution in [3.05, 3.63) is 129 Å². The largest absolute Gasteiger partial charge is 0.387 e. The van der Waals surface area contributed by atoms with E-state index in [2.05, 4.69) is 0 Å². The van der Waals surface area contributed by atoms with Gasteiger partial charge in [-0.2, -0.15) is 0 Å². The minimum atomic E-state index is -0.935. The highest BCUT2D eigenvalue weighted by Crippen LogP contribution is 2.42. The summed E-state index contributed by atoms with van der Waals surface area (Å²) in [7, 11) is 0. The van der Waals surface area contributed by atoms with E-state index in [-0.39, 0.29) is 11.6 Å². The van der Waals surface area contributed by atoms with E-state index in [1.54, 1.807) is 24.3 Å². The lowest BCUT2D eigenvalue weighted by molar-refractivity contribution is 0.0832. The monoisotopic (exact) mass is 518 g/mol. The molecule has 1 N–H and O–H groups in total. The molecule has 0 fully saturated rings. The Balaban J connectivity index is 1.26. The summed E-state index contributed by atoms with van der Waals surface area (Å²) in [6.45, 7) is 0. The number of halogens is 1. The van der Waals surface area contributed by atoms with Crippen LogP contribution in [-0.2, 0) is 0 Å². The molecule has 5 heteroatoms. The SMILES string of the molecule is O=Cc1cc2ccccc2cc1C(=O)/C=C\C1=C(Cl)C(=C/C2C(=O)c3cc4ccccc4cc3C2O)/CC1. The van der Waals surface area contributed by atoms with Gasteiger partial charge in [-0.05, 0) is 81.4 Å². The third kappa shape index (κ3) is 4.12. The topological polar surface area (TPSA) is 71.4 Å². The molecule has 4 nitrogen and oxygen atoms in total. The van der Waals surface area contributed by atoms with Crippen LogP contribution in [0.3, 0.4) is 0 Å². The number of hydrogen-bond acceptors (Lipinski definition) is 4. The van der Waals surface area contributed by atoms with Crippen molar-refractivity contribution in [1.82, 2.24) is 0 Å². The molecule has 2 unspecified atom stereocenters. The zero-order valence-corrected chi connectivity index (χ0v) is 21.1. The first-order valence-electron chi connectivity index (χ1n) is 12.5. The minimum Gasteiger partial charge on any atom is -0.387 e. The molecule has 2 aliphatic carbocycles. The lowest BCUT2D eigenvalue weighted by Gasteiger charge is -2.11. The zero-order valence-electron chi connectivity index (χ0n) is 20.4. The van der Waals surface area contributed by atoms with Gasteiger partial charge in [-0.15, -0.1) is 0 Å². The maximum Gasteiger partial charge on any atom is 0.186 e. The highest BCUT2D eigenvalue weighted by molar-refractivity contribution is 6.33. The molecule has 0 aliphatic heterocycles. The second-order valence-corrected chi connectivity index (χ2v) is 10.1. The van der Waals surface area contributed by atoms with Gasteiger partial charge in [-0.3, -0.25) is 14.4 Å². The molecule has 0 aromatic heterocycles. The number of aldehydes is 1. The molecule has 0 heterocycles. The molecular formula is C33H23ClO4. The van der Waals surface area contributed by atoms with Gasteiger partial charge >= 0.3 is 0 Å². The Bertz CT molecular complexity index is 1760. The van der Waals surface area contributed by atoms with Crippen molar-refractivity contribution in [1.29, 1.82) is 0 Å². The number of allylic oxidation sites excluding steroid dienone is 5. The number of carbonyl (C=O) groups is 3. The highest BCUT2D eigenvalue weighted by atomic mass is 35.5. The number of ketones is 2. The zero-order chi connectivity index (χ0) is 26.4. The van der Waals surface area contributed by atoms with Crippen molar-refractivity contribution in [2.75, 3.05) is 0 Å². The molecule has 186 valence electrons. The van der Waals surface area contributed by atoms with Crippen LogP contribution in [0.1, 0.15) is 55.6 Å². The van der Waals surface area contributed by atoms with E-state index in [9.17, 15) is 19.5 Å². The van der Waals surface area contributed by atoms with E-state index in [1.807, 2.05) is 60.7 Å². The quantitative estimate of drug-likeness (QED) is 0.171. The Kier molecular flexibility index (Phi) is 6.15. The Morgan fingerprint density at radius 3 is 2.21 bits per heavy atom. The van der Waals surface area contributed by atoms with Crippen LogP contribution in [0.15, 0.2) is 107 Å². The summed E-state index contributed by atoms with van der Waals surface area (Å²) in [5, 5.41) is 15.2. The van der Waals surface area contributed by atoms with Gasteiger partial charge in [0, 0.05) is 21.7 Å². The average molecular weight is 519 g/mol. The van der Waals surface area contributed by atoms with Gasteiger partial charge in [-0.1, -0.05) is 72.3 Å². The first kappa shape index (κ1) is 24.2. The number of carbonyl (C=O) groups excluding carboxylic acids is 3. The maximum atomic E-state index is 13.2. The molecule has 0 bridgehead atoms. The number of aliphatic hydroxyl groups excluding tert-OH is 1. The van der Waals surface area contributed by atoms with E-state index < -0.39 is 12.0 Å². The summed E-state index contributed by atoms with van der Waals surface area (Å²) < 4.78 is 0. The van der Waals surface area contributed by atoms with Gasteiger partial charge in [0.15, 0.2) is 17.9 Å². The number of aliphatic hydroxyl groups is 1. The molecule has 4 aromatic rings. The van der Waals surface area contributed by atoms with Gasteiger partial charge in [0.2, 0.25) is 0 Å². The molecule has 2 atom stereocenters. The number of benzene rings is 4. The van der Waals surface area contributed by atoms with Gasteiger partial charge in [-0.25, -0.2) is 0 Å². The van der Waals surface area contributed by atoms with Gasteiger partial charge in [0.25, 0.3) is 0 Å². The van der Waals surface area contributed by atoms with Crippen molar-refractivity contribution in [2.45, 2.75) is 18.9 Å². The van der Waals surface area contributed by atoms with Crippen molar-refractivity contribution in [3.63, 3.8) is 0 Å². The Labute approximate surface area is 224 Å². The highest BCUT2D eigenvalue weighted by Gasteiger charge is 2.38. The lowest BCUT2D eigenvalue weighted by atomic mass is 9.98. The molecule has 0 saturated carbocycles. The third-order valence-electron chi connectivity index (χ3n) is 7.50. The van der Waals surface area contributed by atoms with Crippen LogP contribution >= 0.6 is 11.6 Å². The van der Waals surface area contributed by atoms with Gasteiger partial charge < -0.3 is 5.11 Å². The predicted octanol–water partition coefficient (Wildman–Crippen LogP) is 7.30. The summed E-state index contributed by atoms with van der Waals surface area (Å²) >= 11 is 6.68. The maximum absolute atomic E-state index is 13.2. The molecule has 0 spiro atoms. The minimum absolute atomic E-state index is 0.118. The van der Waals surface area contributed by atoms with E-state index in [0.717, 1.165) is 32.7 Å². The summed E-state index contributed by atoms with van der Waals surface area (Å²) in [6, 6.07) is 22.5. The first-order chi connectivity index (χ1) is 18.4. The number of hydrogen-bond donors (Lipinski definition) is 1. The van der Waals surface area contributed by atoms with Gasteiger partial charge in [0.05, 0.1) is 12.0 Å². The second-order valence-electron chi connectivity index (χ2n) is 9.75. The standard InChI is InChI=1S/C33H23ClO4/c34-31-19(11-12-30(36)26-14-21-6-2-1-5-20(21)13-25(26)18-35)9-10-24(31)17-29-32(37)27-15-22-7-3-4-8-23(22)16-28(27)33(29)38/h1-8,11-18,29,32,37H,9-10H2/b12-11-,24-17+. The molecule has 6 rings (SSSR count). The van der Waals surface area contributed by atoms with E-state index >= 15 is 0 Å². The Morgan fingerprint density at radius 2 is 1.53 bits per heavy atom. The Hall–Kier alpha value is -4.12. The van der Waals surface area contributed by atoms with Gasteiger partial charge in [0.1, 0.15) is 0 Å². The lowest BCUT2D eigenvalue weighted by Crippen LogP contribution is -2.11. The van der Waals surface area contributed by atoms with Crippen LogP contribution in [0.4, 0.5) is 0 Å². The summed E-state index contributed by atoms with van der Waals surface area (Å²) in [4.78, 5) is 37.8. The average Bonchev–Trinajstić information content (AvgIpc) is 3.41. The molecule has 0 saturated heterocycles. The fourth-order valence-electron chi connectivity index (χ4n) is 5.46. The van der Waals surface area contributed by atoms with Crippen LogP contribution in [0, 0.1) is 5.92 Å². The van der Waals surface area contributed by atoms with Crippen molar-refractivity contribution in [3.8, 4) is 0 Å². The fraction of sp³-hybridized carbons (Fsp3) is 0.121. The summed E-state index contributed by atoms with van der Waals surface area (Å²) in [5.74, 6) is -1.11. The number of Topliss-reactive ketones (excluding diaryl/α,β-unsaturated/α-hetero) is 1. The van der Waals surface area contributed by atoms with Crippen LogP contribution in [0.2, 0.25) is 0 Å². The molecule has 38 heavy (non-hydrogen) atoms. The smallest absolute Gasteiger partial charge is 0.186 e. The molecular weight excluding hydrogens is 496 g/mol. The summed E-state index contributed by atoms with van der Waals surface area (Å²) in [6.07, 6.45) is 5.88. The predicted molar refractivity (Wildman–Crippen MR) is 150 cm³/mol. The van der Waals surface area contributed by atoms with E-state index in [4.69, 9.17) is 11.6 Å². The third-order valence-corrected chi connectivity index (χ3v) is 7.98.